The van der Waals surface area contributed by atoms with Gasteiger partial charge < -0.3 is 0 Å². The van der Waals surface area contributed by atoms with Gasteiger partial charge in [0, 0.05) is 17.8 Å². The molecule has 1 aromatic rings. The number of hydrogen-bond acceptors (Lipinski definition) is 2. The SMILES string of the molecule is CC(C)n1cc(C(C)(C)C#N)cn1. The molecule has 70 valence electrons. The van der Waals surface area contributed by atoms with E-state index in [1.807, 2.05) is 24.7 Å². The Bertz CT molecular complexity index is 328. The lowest BCUT2D eigenvalue weighted by molar-refractivity contribution is 0.530. The van der Waals surface area contributed by atoms with Gasteiger partial charge in [0.05, 0.1) is 17.7 Å². The summed E-state index contributed by atoms with van der Waals surface area (Å²) >= 11 is 0. The molecule has 0 bridgehead atoms. The van der Waals surface area contributed by atoms with E-state index in [0.717, 1.165) is 5.56 Å². The Kier molecular flexibility index (Phi) is 2.42. The first-order valence-electron chi connectivity index (χ1n) is 4.43. The third kappa shape index (κ3) is 1.89. The van der Waals surface area contributed by atoms with Crippen LogP contribution in [0, 0.1) is 11.3 Å². The molecule has 1 aromatic heterocycles. The zero-order valence-electron chi connectivity index (χ0n) is 8.57. The number of aromatic nitrogens is 2. The van der Waals surface area contributed by atoms with E-state index in [2.05, 4.69) is 25.0 Å². The number of nitriles is 1. The fourth-order valence-corrected chi connectivity index (χ4v) is 1.01. The van der Waals surface area contributed by atoms with E-state index in [-0.39, 0.29) is 0 Å². The van der Waals surface area contributed by atoms with E-state index in [0.29, 0.717) is 6.04 Å². The summed E-state index contributed by atoms with van der Waals surface area (Å²) < 4.78 is 1.87. The van der Waals surface area contributed by atoms with Crippen molar-refractivity contribution >= 4 is 0 Å². The lowest BCUT2D eigenvalue weighted by atomic mass is 9.89. The topological polar surface area (TPSA) is 41.6 Å². The Morgan fingerprint density at radius 1 is 1.54 bits per heavy atom. The molecular weight excluding hydrogens is 162 g/mol. The van der Waals surface area contributed by atoms with Crippen LogP contribution in [0.15, 0.2) is 12.4 Å². The zero-order chi connectivity index (χ0) is 10.1. The summed E-state index contributed by atoms with van der Waals surface area (Å²) in [6.07, 6.45) is 3.71. The van der Waals surface area contributed by atoms with Crippen molar-refractivity contribution in [2.24, 2.45) is 0 Å². The van der Waals surface area contributed by atoms with E-state index in [1.54, 1.807) is 6.20 Å². The molecule has 0 saturated heterocycles. The number of nitrogens with zero attached hydrogens (tertiary/aromatic N) is 3. The van der Waals surface area contributed by atoms with Gasteiger partial charge in [-0.2, -0.15) is 10.4 Å². The minimum atomic E-state index is -0.437. The highest BCUT2D eigenvalue weighted by Gasteiger charge is 2.21. The second-order valence-electron chi connectivity index (χ2n) is 4.04. The van der Waals surface area contributed by atoms with Crippen molar-refractivity contribution in [1.82, 2.24) is 9.78 Å². The summed E-state index contributed by atoms with van der Waals surface area (Å²) in [5.74, 6) is 0. The summed E-state index contributed by atoms with van der Waals surface area (Å²) in [4.78, 5) is 0. The van der Waals surface area contributed by atoms with Crippen molar-refractivity contribution < 1.29 is 0 Å². The molecule has 0 saturated carbocycles. The first-order chi connectivity index (χ1) is 5.97. The van der Waals surface area contributed by atoms with Crippen LogP contribution in [-0.4, -0.2) is 9.78 Å². The zero-order valence-corrected chi connectivity index (χ0v) is 8.57. The van der Waals surface area contributed by atoms with Gasteiger partial charge in [-0.15, -0.1) is 0 Å². The number of hydrogen-bond donors (Lipinski definition) is 0. The van der Waals surface area contributed by atoms with Crippen LogP contribution >= 0.6 is 0 Å². The van der Waals surface area contributed by atoms with Gasteiger partial charge in [-0.1, -0.05) is 0 Å². The van der Waals surface area contributed by atoms with Crippen LogP contribution in [0.4, 0.5) is 0 Å². The Balaban J connectivity index is 3.00. The highest BCUT2D eigenvalue weighted by molar-refractivity contribution is 5.25. The van der Waals surface area contributed by atoms with E-state index in [4.69, 9.17) is 5.26 Å². The number of rotatable bonds is 2. The van der Waals surface area contributed by atoms with Crippen LogP contribution in [0.2, 0.25) is 0 Å². The summed E-state index contributed by atoms with van der Waals surface area (Å²) in [6.45, 7) is 7.93. The first-order valence-corrected chi connectivity index (χ1v) is 4.43. The average Bonchev–Trinajstić information content (AvgIpc) is 2.52. The highest BCUT2D eigenvalue weighted by atomic mass is 15.3. The summed E-state index contributed by atoms with van der Waals surface area (Å²) in [6, 6.07) is 2.61. The van der Waals surface area contributed by atoms with Crippen LogP contribution < -0.4 is 0 Å². The maximum Gasteiger partial charge on any atom is 0.0796 e. The molecule has 0 radical (unpaired) electrons. The predicted octanol–water partition coefficient (Wildman–Crippen LogP) is 2.27. The molecule has 0 amide bonds. The van der Waals surface area contributed by atoms with Crippen molar-refractivity contribution in [3.05, 3.63) is 18.0 Å². The molecule has 0 aliphatic carbocycles. The molecule has 0 unspecified atom stereocenters. The van der Waals surface area contributed by atoms with Gasteiger partial charge in [0.25, 0.3) is 0 Å². The van der Waals surface area contributed by atoms with E-state index in [9.17, 15) is 0 Å². The summed E-state index contributed by atoms with van der Waals surface area (Å²) in [5, 5.41) is 13.1. The fraction of sp³-hybridized carbons (Fsp3) is 0.600. The average molecular weight is 177 g/mol. The first kappa shape index (κ1) is 9.79. The Morgan fingerprint density at radius 3 is 2.54 bits per heavy atom. The molecule has 3 nitrogen and oxygen atoms in total. The second-order valence-corrected chi connectivity index (χ2v) is 4.04. The molecule has 0 spiro atoms. The molecule has 1 heterocycles. The van der Waals surface area contributed by atoms with Crippen LogP contribution in [0.1, 0.15) is 39.3 Å². The minimum Gasteiger partial charge on any atom is -0.270 e. The molecule has 0 aliphatic heterocycles. The minimum absolute atomic E-state index is 0.350. The van der Waals surface area contributed by atoms with Crippen LogP contribution in [-0.2, 0) is 5.41 Å². The van der Waals surface area contributed by atoms with Crippen LogP contribution in [0.3, 0.4) is 0 Å². The van der Waals surface area contributed by atoms with Gasteiger partial charge in [-0.25, -0.2) is 0 Å². The Labute approximate surface area is 79.0 Å². The standard InChI is InChI=1S/C10H15N3/c1-8(2)13-6-9(5-12-13)10(3,4)7-11/h5-6,8H,1-4H3. The smallest absolute Gasteiger partial charge is 0.0796 e. The molecule has 0 aliphatic rings. The third-order valence-corrected chi connectivity index (χ3v) is 2.13. The van der Waals surface area contributed by atoms with Crippen molar-refractivity contribution in [2.75, 3.05) is 0 Å². The maximum absolute atomic E-state index is 8.91. The Hall–Kier alpha value is -1.30. The van der Waals surface area contributed by atoms with Gasteiger partial charge in [-0.3, -0.25) is 4.68 Å². The highest BCUT2D eigenvalue weighted by Crippen LogP contribution is 2.21. The quantitative estimate of drug-likeness (QED) is 0.695. The molecular formula is C10H15N3. The van der Waals surface area contributed by atoms with Crippen molar-refractivity contribution in [3.8, 4) is 6.07 Å². The van der Waals surface area contributed by atoms with Gasteiger partial charge in [0.15, 0.2) is 0 Å². The monoisotopic (exact) mass is 177 g/mol. The van der Waals surface area contributed by atoms with Crippen molar-refractivity contribution in [2.45, 2.75) is 39.2 Å². The van der Waals surface area contributed by atoms with Crippen LogP contribution in [0.5, 0.6) is 0 Å². The fourth-order valence-electron chi connectivity index (χ4n) is 1.01. The van der Waals surface area contributed by atoms with E-state index >= 15 is 0 Å². The molecule has 3 heteroatoms. The van der Waals surface area contributed by atoms with Crippen molar-refractivity contribution in [3.63, 3.8) is 0 Å². The van der Waals surface area contributed by atoms with Crippen molar-refractivity contribution in [1.29, 1.82) is 5.26 Å². The summed E-state index contributed by atoms with van der Waals surface area (Å²) in [7, 11) is 0. The largest absolute Gasteiger partial charge is 0.270 e. The van der Waals surface area contributed by atoms with Gasteiger partial charge in [-0.05, 0) is 27.7 Å². The van der Waals surface area contributed by atoms with Gasteiger partial charge in [0.1, 0.15) is 0 Å². The van der Waals surface area contributed by atoms with Gasteiger partial charge >= 0.3 is 0 Å². The second kappa shape index (κ2) is 3.21. The van der Waals surface area contributed by atoms with Crippen LogP contribution in [0.25, 0.3) is 0 Å². The van der Waals surface area contributed by atoms with E-state index < -0.39 is 5.41 Å². The molecule has 0 N–H and O–H groups in total. The Morgan fingerprint density at radius 2 is 2.15 bits per heavy atom. The maximum atomic E-state index is 8.91. The normalized spacial score (nSPS) is 11.7. The summed E-state index contributed by atoms with van der Waals surface area (Å²) in [5.41, 5.74) is 0.538. The predicted molar refractivity (Wildman–Crippen MR) is 51.3 cm³/mol. The molecule has 13 heavy (non-hydrogen) atoms. The van der Waals surface area contributed by atoms with Gasteiger partial charge in [0.2, 0.25) is 0 Å². The molecule has 1 rings (SSSR count). The molecule has 0 atom stereocenters. The van der Waals surface area contributed by atoms with E-state index in [1.165, 1.54) is 0 Å². The lowest BCUT2D eigenvalue weighted by Gasteiger charge is -2.11. The third-order valence-electron chi connectivity index (χ3n) is 2.13. The molecule has 0 aromatic carbocycles. The lowest BCUT2D eigenvalue weighted by Crippen LogP contribution is -2.12. The molecule has 0 fully saturated rings.